The average Bonchev–Trinajstić information content (AvgIpc) is 3.73. The summed E-state index contributed by atoms with van der Waals surface area (Å²) in [6.45, 7) is 0.261. The summed E-state index contributed by atoms with van der Waals surface area (Å²) in [5, 5.41) is 15.9. The number of carbonyl (C=O) groups excluding carboxylic acids is 2. The number of nitrogens with one attached hydrogen (secondary N) is 3. The normalized spacial score (nSPS) is 18.4. The minimum absolute atomic E-state index is 0.0811. The summed E-state index contributed by atoms with van der Waals surface area (Å²) in [4.78, 5) is 31.7. The van der Waals surface area contributed by atoms with E-state index in [1.807, 2.05) is 0 Å². The van der Waals surface area contributed by atoms with Crippen LogP contribution >= 0.6 is 0 Å². The van der Waals surface area contributed by atoms with Crippen molar-refractivity contribution in [3.63, 3.8) is 0 Å². The smallest absolute Gasteiger partial charge is 0.347 e. The van der Waals surface area contributed by atoms with Gasteiger partial charge in [-0.05, 0) is 44.4 Å². The van der Waals surface area contributed by atoms with Gasteiger partial charge in [0.05, 0.1) is 23.8 Å². The third-order valence-electron chi connectivity index (χ3n) is 7.85. The molecule has 0 radical (unpaired) electrons. The van der Waals surface area contributed by atoms with E-state index < -0.39 is 42.1 Å². The van der Waals surface area contributed by atoms with E-state index in [9.17, 15) is 31.5 Å². The number of halogens is 5. The summed E-state index contributed by atoms with van der Waals surface area (Å²) in [6.07, 6.45) is -0.0675. The number of piperidine rings is 1. The van der Waals surface area contributed by atoms with Gasteiger partial charge in [-0.1, -0.05) is 31.0 Å². The third kappa shape index (κ3) is 7.75. The van der Waals surface area contributed by atoms with Crippen molar-refractivity contribution in [2.75, 3.05) is 25.0 Å². The Balaban J connectivity index is 1.38. The van der Waals surface area contributed by atoms with E-state index in [0.717, 1.165) is 31.7 Å². The molecule has 3 heterocycles. The first kappa shape index (κ1) is 30.6. The first-order chi connectivity index (χ1) is 20.5. The second kappa shape index (κ2) is 12.8. The maximum atomic E-state index is 14.0. The van der Waals surface area contributed by atoms with Gasteiger partial charge >= 0.3 is 6.18 Å². The van der Waals surface area contributed by atoms with Gasteiger partial charge in [0.15, 0.2) is 5.69 Å². The largest absolute Gasteiger partial charge is 0.417 e. The SMILES string of the molecule is O=C(C[C@H](CCN1CCCC(F)(F)C1)NC(=O)c1cc(-c2ccccc2C(F)(F)F)n(C2CCCC2)n1)Nc1ncn[nH]1. The lowest BCUT2D eigenvalue weighted by atomic mass is 10.0. The van der Waals surface area contributed by atoms with Crippen LogP contribution in [-0.4, -0.2) is 73.3 Å². The van der Waals surface area contributed by atoms with E-state index in [4.69, 9.17) is 0 Å². The molecule has 0 spiro atoms. The van der Waals surface area contributed by atoms with Crippen LogP contribution in [-0.2, 0) is 11.0 Å². The molecule has 43 heavy (non-hydrogen) atoms. The van der Waals surface area contributed by atoms with Gasteiger partial charge in [0.2, 0.25) is 11.9 Å². The summed E-state index contributed by atoms with van der Waals surface area (Å²) < 4.78 is 71.2. The third-order valence-corrected chi connectivity index (χ3v) is 7.85. The van der Waals surface area contributed by atoms with Gasteiger partial charge in [-0.3, -0.25) is 24.5 Å². The minimum Gasteiger partial charge on any atom is -0.347 e. The van der Waals surface area contributed by atoms with Crippen LogP contribution in [0.1, 0.15) is 73.5 Å². The maximum absolute atomic E-state index is 14.0. The molecule has 0 unspecified atom stereocenters. The Labute approximate surface area is 244 Å². The van der Waals surface area contributed by atoms with Crippen LogP contribution in [0, 0.1) is 0 Å². The standard InChI is InChI=1S/C28H33F5N8O2/c29-27(30)11-5-12-40(16-27)13-10-18(14-24(42)37-26-34-17-35-38-26)36-25(43)22-15-23(41(39-22)19-6-1-2-7-19)20-8-3-4-9-21(20)28(31,32)33/h3-4,8-9,15,17-19H,1-2,5-7,10-14,16H2,(H,36,43)(H2,34,35,37,38,42)/t18-/m0/s1. The molecule has 5 rings (SSSR count). The molecule has 1 aliphatic heterocycles. The fourth-order valence-corrected chi connectivity index (χ4v) is 5.82. The first-order valence-electron chi connectivity index (χ1n) is 14.3. The van der Waals surface area contributed by atoms with Gasteiger partial charge in [-0.25, -0.2) is 13.9 Å². The molecule has 0 bridgehead atoms. The zero-order valence-corrected chi connectivity index (χ0v) is 23.3. The zero-order chi connectivity index (χ0) is 30.6. The number of nitrogens with zero attached hydrogens (tertiary/aromatic N) is 5. The van der Waals surface area contributed by atoms with E-state index in [2.05, 4.69) is 30.9 Å². The number of aromatic nitrogens is 5. The van der Waals surface area contributed by atoms with Crippen LogP contribution in [0.15, 0.2) is 36.7 Å². The van der Waals surface area contributed by atoms with Gasteiger partial charge < -0.3 is 5.32 Å². The molecule has 2 aliphatic rings. The second-order valence-corrected chi connectivity index (χ2v) is 11.1. The Hall–Kier alpha value is -3.88. The molecule has 3 aromatic rings. The van der Waals surface area contributed by atoms with E-state index in [1.54, 1.807) is 4.90 Å². The number of aromatic amines is 1. The average molecular weight is 609 g/mol. The number of hydrogen-bond donors (Lipinski definition) is 3. The number of rotatable bonds is 10. The van der Waals surface area contributed by atoms with E-state index in [1.165, 1.54) is 35.3 Å². The molecule has 1 saturated heterocycles. The fourth-order valence-electron chi connectivity index (χ4n) is 5.82. The zero-order valence-electron chi connectivity index (χ0n) is 23.3. The monoisotopic (exact) mass is 608 g/mol. The van der Waals surface area contributed by atoms with Crippen molar-refractivity contribution in [1.29, 1.82) is 0 Å². The molecular formula is C28H33F5N8O2. The van der Waals surface area contributed by atoms with Crippen molar-refractivity contribution < 1.29 is 31.5 Å². The number of alkyl halides is 5. The van der Waals surface area contributed by atoms with Gasteiger partial charge in [-0.2, -0.15) is 28.4 Å². The Morgan fingerprint density at radius 3 is 2.60 bits per heavy atom. The van der Waals surface area contributed by atoms with Crippen LogP contribution in [0.25, 0.3) is 11.3 Å². The summed E-state index contributed by atoms with van der Waals surface area (Å²) in [7, 11) is 0. The van der Waals surface area contributed by atoms with Gasteiger partial charge in [-0.15, -0.1) is 0 Å². The molecule has 1 aliphatic carbocycles. The summed E-state index contributed by atoms with van der Waals surface area (Å²) in [6, 6.07) is 5.56. The number of benzene rings is 1. The molecule has 2 fully saturated rings. The highest BCUT2D eigenvalue weighted by molar-refractivity contribution is 5.95. The maximum Gasteiger partial charge on any atom is 0.417 e. The Kier molecular flexibility index (Phi) is 9.08. The quantitative estimate of drug-likeness (QED) is 0.277. The predicted octanol–water partition coefficient (Wildman–Crippen LogP) is 5.05. The minimum atomic E-state index is -4.61. The summed E-state index contributed by atoms with van der Waals surface area (Å²) >= 11 is 0. The highest BCUT2D eigenvalue weighted by Crippen LogP contribution is 2.40. The summed E-state index contributed by atoms with van der Waals surface area (Å²) in [5.41, 5.74) is -0.826. The molecule has 2 amide bonds. The topological polar surface area (TPSA) is 121 Å². The first-order valence-corrected chi connectivity index (χ1v) is 14.3. The van der Waals surface area contributed by atoms with Crippen LogP contribution in [0.2, 0.25) is 0 Å². The molecule has 1 atom stereocenters. The number of amides is 2. The van der Waals surface area contributed by atoms with Crippen LogP contribution in [0.4, 0.5) is 27.9 Å². The van der Waals surface area contributed by atoms with Crippen molar-refractivity contribution in [1.82, 2.24) is 35.2 Å². The van der Waals surface area contributed by atoms with Crippen LogP contribution < -0.4 is 10.6 Å². The number of likely N-dealkylation sites (tertiary alicyclic amines) is 1. The molecule has 232 valence electrons. The van der Waals surface area contributed by atoms with Crippen molar-refractivity contribution in [3.05, 3.63) is 47.9 Å². The Morgan fingerprint density at radius 2 is 1.91 bits per heavy atom. The van der Waals surface area contributed by atoms with Crippen molar-refractivity contribution in [3.8, 4) is 11.3 Å². The number of H-pyrrole nitrogens is 1. The molecule has 15 heteroatoms. The fraction of sp³-hybridized carbons (Fsp3) is 0.536. The number of anilines is 1. The molecule has 3 N–H and O–H groups in total. The van der Waals surface area contributed by atoms with Crippen molar-refractivity contribution in [2.45, 2.75) is 75.5 Å². The molecule has 10 nitrogen and oxygen atoms in total. The highest BCUT2D eigenvalue weighted by Gasteiger charge is 2.37. The van der Waals surface area contributed by atoms with Crippen molar-refractivity contribution >= 4 is 17.8 Å². The number of carbonyl (C=O) groups is 2. The molecule has 1 saturated carbocycles. The van der Waals surface area contributed by atoms with E-state index >= 15 is 0 Å². The lowest BCUT2D eigenvalue weighted by Gasteiger charge is -2.33. The summed E-state index contributed by atoms with van der Waals surface area (Å²) in [5.74, 6) is -3.88. The Morgan fingerprint density at radius 1 is 1.14 bits per heavy atom. The second-order valence-electron chi connectivity index (χ2n) is 11.1. The van der Waals surface area contributed by atoms with Crippen molar-refractivity contribution in [2.24, 2.45) is 0 Å². The lowest BCUT2D eigenvalue weighted by molar-refractivity contribution is -0.137. The van der Waals surface area contributed by atoms with Gasteiger partial charge in [0, 0.05) is 31.0 Å². The molecule has 1 aromatic carbocycles. The van der Waals surface area contributed by atoms with Crippen LogP contribution in [0.5, 0.6) is 0 Å². The van der Waals surface area contributed by atoms with Gasteiger partial charge in [0.25, 0.3) is 11.8 Å². The predicted molar refractivity (Wildman–Crippen MR) is 146 cm³/mol. The lowest BCUT2D eigenvalue weighted by Crippen LogP contribution is -2.45. The molecule has 2 aromatic heterocycles. The van der Waals surface area contributed by atoms with Crippen LogP contribution in [0.3, 0.4) is 0 Å². The van der Waals surface area contributed by atoms with Gasteiger partial charge in [0.1, 0.15) is 6.33 Å². The molecular weight excluding hydrogens is 575 g/mol. The number of hydrogen-bond acceptors (Lipinski definition) is 6. The highest BCUT2D eigenvalue weighted by atomic mass is 19.4. The van der Waals surface area contributed by atoms with E-state index in [-0.39, 0.29) is 54.7 Å². The Bertz CT molecular complexity index is 1400. The van der Waals surface area contributed by atoms with E-state index in [0.29, 0.717) is 13.0 Å².